The van der Waals surface area contributed by atoms with E-state index >= 15 is 0 Å². The number of amides is 3. The molecule has 1 saturated heterocycles. The molecule has 3 aromatic rings. The number of carbonyl (C=O) groups is 4. The first-order valence-electron chi connectivity index (χ1n) is 14.7. The van der Waals surface area contributed by atoms with Crippen LogP contribution in [0.1, 0.15) is 36.8 Å². The number of nitrogens with one attached hydrogen (secondary N) is 3. The van der Waals surface area contributed by atoms with Gasteiger partial charge in [0.1, 0.15) is 18.1 Å². The lowest BCUT2D eigenvalue weighted by Gasteiger charge is -2.30. The van der Waals surface area contributed by atoms with Crippen molar-refractivity contribution in [2.24, 2.45) is 22.2 Å². The van der Waals surface area contributed by atoms with Gasteiger partial charge < -0.3 is 42.8 Å². The van der Waals surface area contributed by atoms with Crippen molar-refractivity contribution in [1.82, 2.24) is 20.5 Å². The molecule has 1 fully saturated rings. The molecule has 44 heavy (non-hydrogen) atoms. The van der Waals surface area contributed by atoms with Crippen molar-refractivity contribution in [3.63, 3.8) is 0 Å². The number of rotatable bonds is 14. The van der Waals surface area contributed by atoms with Gasteiger partial charge in [-0.2, -0.15) is 0 Å². The van der Waals surface area contributed by atoms with Gasteiger partial charge in [-0.1, -0.05) is 48.5 Å². The SMILES string of the molecule is NC(N)=NCCCC(N)C(=O)NC(Cc1c[nH]c2ccccc12)C(=O)N1CCCC1C(=O)NC(Cc1ccccc1)C(=O)O. The number of para-hydroxylation sites is 1. The molecule has 1 aromatic heterocycles. The second kappa shape index (κ2) is 15.0. The first-order valence-corrected chi connectivity index (χ1v) is 14.7. The number of carbonyl (C=O) groups excluding carboxylic acids is 3. The molecule has 234 valence electrons. The predicted molar refractivity (Wildman–Crippen MR) is 166 cm³/mol. The number of aliphatic carboxylic acids is 1. The van der Waals surface area contributed by atoms with Crippen molar-refractivity contribution in [3.05, 3.63) is 71.9 Å². The summed E-state index contributed by atoms with van der Waals surface area (Å²) in [4.78, 5) is 61.1. The fraction of sp³-hybridized carbons (Fsp3) is 0.387. The van der Waals surface area contributed by atoms with E-state index in [9.17, 15) is 24.3 Å². The molecule has 1 aliphatic rings. The van der Waals surface area contributed by atoms with E-state index in [-0.39, 0.29) is 25.3 Å². The van der Waals surface area contributed by atoms with Crippen molar-refractivity contribution >= 4 is 40.6 Å². The number of benzene rings is 2. The number of H-pyrrole nitrogens is 1. The summed E-state index contributed by atoms with van der Waals surface area (Å²) in [6.07, 6.45) is 3.74. The van der Waals surface area contributed by atoms with Crippen LogP contribution in [0, 0.1) is 0 Å². The van der Waals surface area contributed by atoms with Crippen LogP contribution in [0.25, 0.3) is 10.9 Å². The number of nitrogens with zero attached hydrogens (tertiary/aromatic N) is 2. The zero-order valence-electron chi connectivity index (χ0n) is 24.4. The molecule has 0 saturated carbocycles. The van der Waals surface area contributed by atoms with Crippen molar-refractivity contribution in [2.75, 3.05) is 13.1 Å². The highest BCUT2D eigenvalue weighted by molar-refractivity contribution is 5.95. The summed E-state index contributed by atoms with van der Waals surface area (Å²) in [5.41, 5.74) is 19.3. The van der Waals surface area contributed by atoms with Crippen LogP contribution in [0.5, 0.6) is 0 Å². The van der Waals surface area contributed by atoms with E-state index in [2.05, 4.69) is 20.6 Å². The molecule has 0 bridgehead atoms. The number of carboxylic acid groups (broad SMARTS) is 1. The summed E-state index contributed by atoms with van der Waals surface area (Å²) < 4.78 is 0. The Kier molecular flexibility index (Phi) is 10.9. The van der Waals surface area contributed by atoms with Crippen LogP contribution in [0.3, 0.4) is 0 Å². The van der Waals surface area contributed by atoms with E-state index in [0.29, 0.717) is 32.2 Å². The molecule has 4 rings (SSSR count). The van der Waals surface area contributed by atoms with Crippen molar-refractivity contribution in [1.29, 1.82) is 0 Å². The van der Waals surface area contributed by atoms with E-state index in [0.717, 1.165) is 22.0 Å². The number of nitrogens with two attached hydrogens (primary N) is 3. The zero-order chi connectivity index (χ0) is 31.6. The van der Waals surface area contributed by atoms with Crippen molar-refractivity contribution in [2.45, 2.75) is 62.7 Å². The fourth-order valence-corrected chi connectivity index (χ4v) is 5.47. The smallest absolute Gasteiger partial charge is 0.326 e. The number of fused-ring (bicyclic) bond motifs is 1. The Morgan fingerprint density at radius 2 is 1.73 bits per heavy atom. The highest BCUT2D eigenvalue weighted by Crippen LogP contribution is 2.23. The number of hydrogen-bond acceptors (Lipinski definition) is 6. The highest BCUT2D eigenvalue weighted by Gasteiger charge is 2.39. The van der Waals surface area contributed by atoms with Crippen LogP contribution in [-0.4, -0.2) is 81.9 Å². The molecule has 0 aliphatic carbocycles. The molecule has 0 spiro atoms. The average Bonchev–Trinajstić information content (AvgIpc) is 3.66. The Morgan fingerprint density at radius 3 is 2.45 bits per heavy atom. The molecule has 0 radical (unpaired) electrons. The first kappa shape index (κ1) is 32.0. The number of aromatic nitrogens is 1. The van der Waals surface area contributed by atoms with Gasteiger partial charge in [0.15, 0.2) is 5.96 Å². The Bertz CT molecular complexity index is 1490. The number of carboxylic acids is 1. The quantitative estimate of drug-likeness (QED) is 0.0772. The normalized spacial score (nSPS) is 16.6. The summed E-state index contributed by atoms with van der Waals surface area (Å²) in [6.45, 7) is 0.603. The third-order valence-electron chi connectivity index (χ3n) is 7.75. The molecule has 2 heterocycles. The number of likely N-dealkylation sites (tertiary alicyclic amines) is 1. The van der Waals surface area contributed by atoms with E-state index in [4.69, 9.17) is 17.2 Å². The van der Waals surface area contributed by atoms with Crippen LogP contribution in [0.15, 0.2) is 65.8 Å². The van der Waals surface area contributed by atoms with Crippen LogP contribution >= 0.6 is 0 Å². The van der Waals surface area contributed by atoms with Gasteiger partial charge in [0, 0.05) is 43.0 Å². The standard InChI is InChI=1S/C31H40N8O5/c32-22(11-6-14-35-31(33)34)27(40)37-24(17-20-18-36-23-12-5-4-10-21(20)23)29(42)39-15-7-13-26(39)28(41)38-25(30(43)44)16-19-8-2-1-3-9-19/h1-5,8-10,12,18,22,24-26,36H,6-7,11,13-17,32H2,(H,37,40)(H,38,41)(H,43,44)(H4,33,34,35). The summed E-state index contributed by atoms with van der Waals surface area (Å²) in [6, 6.07) is 12.6. The van der Waals surface area contributed by atoms with Gasteiger partial charge in [-0.3, -0.25) is 19.4 Å². The third-order valence-corrected chi connectivity index (χ3v) is 7.75. The maximum Gasteiger partial charge on any atom is 0.326 e. The molecular formula is C31H40N8O5. The van der Waals surface area contributed by atoms with E-state index in [1.807, 2.05) is 30.3 Å². The molecule has 3 amide bonds. The predicted octanol–water partition coefficient (Wildman–Crippen LogP) is 0.379. The van der Waals surface area contributed by atoms with Crippen LogP contribution in [0.4, 0.5) is 0 Å². The van der Waals surface area contributed by atoms with Gasteiger partial charge in [-0.25, -0.2) is 4.79 Å². The van der Waals surface area contributed by atoms with Gasteiger partial charge in [-0.05, 0) is 42.9 Å². The minimum absolute atomic E-state index is 0.0497. The molecule has 4 unspecified atom stereocenters. The van der Waals surface area contributed by atoms with E-state index < -0.39 is 47.9 Å². The van der Waals surface area contributed by atoms with Gasteiger partial charge >= 0.3 is 5.97 Å². The maximum absolute atomic E-state index is 14.0. The number of aromatic amines is 1. The van der Waals surface area contributed by atoms with E-state index in [1.165, 1.54) is 4.90 Å². The Morgan fingerprint density at radius 1 is 1.00 bits per heavy atom. The Hall–Kier alpha value is -4.91. The molecular weight excluding hydrogens is 564 g/mol. The number of guanidine groups is 1. The molecule has 10 N–H and O–H groups in total. The molecule has 13 nitrogen and oxygen atoms in total. The van der Waals surface area contributed by atoms with Gasteiger partial charge in [0.05, 0.1) is 6.04 Å². The summed E-state index contributed by atoms with van der Waals surface area (Å²) in [5.74, 6) is -2.72. The van der Waals surface area contributed by atoms with Gasteiger partial charge in [0.2, 0.25) is 17.7 Å². The zero-order valence-corrected chi connectivity index (χ0v) is 24.4. The first-order chi connectivity index (χ1) is 21.1. The lowest BCUT2D eigenvalue weighted by Crippen LogP contribution is -2.57. The third kappa shape index (κ3) is 8.34. The van der Waals surface area contributed by atoms with E-state index in [1.54, 1.807) is 30.5 Å². The summed E-state index contributed by atoms with van der Waals surface area (Å²) >= 11 is 0. The lowest BCUT2D eigenvalue weighted by atomic mass is 10.0. The topological polar surface area (TPSA) is 222 Å². The Balaban J connectivity index is 1.50. The van der Waals surface area contributed by atoms with Crippen LogP contribution in [-0.2, 0) is 32.0 Å². The highest BCUT2D eigenvalue weighted by atomic mass is 16.4. The largest absolute Gasteiger partial charge is 0.480 e. The number of aliphatic imine (C=N–C) groups is 1. The Labute approximate surface area is 255 Å². The second-order valence-electron chi connectivity index (χ2n) is 11.0. The molecule has 2 aromatic carbocycles. The minimum Gasteiger partial charge on any atom is -0.480 e. The second-order valence-corrected chi connectivity index (χ2v) is 11.0. The van der Waals surface area contributed by atoms with Gasteiger partial charge in [0.25, 0.3) is 0 Å². The van der Waals surface area contributed by atoms with Crippen LogP contribution in [0.2, 0.25) is 0 Å². The molecule has 13 heteroatoms. The summed E-state index contributed by atoms with van der Waals surface area (Å²) in [7, 11) is 0. The van der Waals surface area contributed by atoms with Gasteiger partial charge in [-0.15, -0.1) is 0 Å². The average molecular weight is 605 g/mol. The molecule has 1 aliphatic heterocycles. The maximum atomic E-state index is 14.0. The number of hydrogen-bond donors (Lipinski definition) is 7. The van der Waals surface area contributed by atoms with Crippen LogP contribution < -0.4 is 27.8 Å². The monoisotopic (exact) mass is 604 g/mol. The fourth-order valence-electron chi connectivity index (χ4n) is 5.47. The molecule has 4 atom stereocenters. The lowest BCUT2D eigenvalue weighted by molar-refractivity contribution is -0.144. The summed E-state index contributed by atoms with van der Waals surface area (Å²) in [5, 5.41) is 16.1. The van der Waals surface area contributed by atoms with Crippen molar-refractivity contribution < 1.29 is 24.3 Å². The minimum atomic E-state index is -1.17. The van der Waals surface area contributed by atoms with Crippen molar-refractivity contribution in [3.8, 4) is 0 Å².